The van der Waals surface area contributed by atoms with Crippen LogP contribution in [-0.4, -0.2) is 6.61 Å². The minimum Gasteiger partial charge on any atom is -0.493 e. The van der Waals surface area contributed by atoms with E-state index >= 15 is 0 Å². The second-order valence-corrected chi connectivity index (χ2v) is 4.45. The number of hydrogen-bond donors (Lipinski definition) is 2. The van der Waals surface area contributed by atoms with Gasteiger partial charge in [0, 0.05) is 5.56 Å². The van der Waals surface area contributed by atoms with Gasteiger partial charge in [0.2, 0.25) is 0 Å². The molecule has 2 rings (SSSR count). The molecule has 0 spiro atoms. The smallest absolute Gasteiger partial charge is 0.129 e. The lowest BCUT2D eigenvalue weighted by Gasteiger charge is -2.18. The molecule has 0 aliphatic carbocycles. The van der Waals surface area contributed by atoms with Gasteiger partial charge in [-0.15, -0.1) is 0 Å². The fourth-order valence-electron chi connectivity index (χ4n) is 2.05. The molecule has 0 bridgehead atoms. The van der Waals surface area contributed by atoms with Crippen LogP contribution in [0.5, 0.6) is 5.75 Å². The number of furan rings is 1. The lowest BCUT2D eigenvalue weighted by Crippen LogP contribution is -2.29. The maximum Gasteiger partial charge on any atom is 0.129 e. The van der Waals surface area contributed by atoms with Crippen LogP contribution >= 0.6 is 0 Å². The molecule has 1 aromatic carbocycles. The minimum atomic E-state index is -0.206. The number of nitrogens with two attached hydrogens (primary N) is 1. The van der Waals surface area contributed by atoms with Crippen LogP contribution in [-0.2, 0) is 0 Å². The van der Waals surface area contributed by atoms with Crippen LogP contribution < -0.4 is 16.0 Å². The molecular formula is C15H20N2O2. The second kappa shape index (κ2) is 6.41. The van der Waals surface area contributed by atoms with Gasteiger partial charge in [0.25, 0.3) is 0 Å². The van der Waals surface area contributed by atoms with Crippen molar-refractivity contribution in [1.82, 2.24) is 5.43 Å². The largest absolute Gasteiger partial charge is 0.493 e. The average Bonchev–Trinajstić information content (AvgIpc) is 2.85. The summed E-state index contributed by atoms with van der Waals surface area (Å²) in [6.45, 7) is 4.77. The Morgan fingerprint density at radius 2 is 2.11 bits per heavy atom. The Bertz CT molecular complexity index is 522. The van der Waals surface area contributed by atoms with Crippen molar-refractivity contribution in [2.45, 2.75) is 26.3 Å². The number of benzene rings is 1. The molecule has 4 nitrogen and oxygen atoms in total. The number of ether oxygens (including phenoxy) is 1. The third kappa shape index (κ3) is 2.97. The first kappa shape index (κ1) is 13.6. The molecule has 0 aliphatic rings. The quantitative estimate of drug-likeness (QED) is 0.619. The molecule has 1 atom stereocenters. The van der Waals surface area contributed by atoms with Crippen molar-refractivity contribution >= 4 is 0 Å². The van der Waals surface area contributed by atoms with Gasteiger partial charge < -0.3 is 9.15 Å². The standard InChI is InChI=1S/C15H20N2O2/c1-3-9-18-13-7-5-4-6-12(13)14(17-16)15-11(2)8-10-19-15/h4-8,10,14,17H,3,9,16H2,1-2H3. The molecule has 0 fully saturated rings. The highest BCUT2D eigenvalue weighted by atomic mass is 16.5. The summed E-state index contributed by atoms with van der Waals surface area (Å²) in [6.07, 6.45) is 2.64. The molecule has 0 amide bonds. The number of nitrogens with one attached hydrogen (secondary N) is 1. The van der Waals surface area contributed by atoms with E-state index < -0.39 is 0 Å². The first-order valence-electron chi connectivity index (χ1n) is 6.49. The fourth-order valence-corrected chi connectivity index (χ4v) is 2.05. The summed E-state index contributed by atoms with van der Waals surface area (Å²) in [7, 11) is 0. The molecule has 0 saturated heterocycles. The highest BCUT2D eigenvalue weighted by Gasteiger charge is 2.21. The zero-order valence-electron chi connectivity index (χ0n) is 11.3. The zero-order chi connectivity index (χ0) is 13.7. The van der Waals surface area contributed by atoms with E-state index in [2.05, 4.69) is 12.3 Å². The number of hydrogen-bond acceptors (Lipinski definition) is 4. The van der Waals surface area contributed by atoms with Gasteiger partial charge in [0.1, 0.15) is 17.6 Å². The third-order valence-electron chi connectivity index (χ3n) is 3.02. The number of hydrazine groups is 1. The highest BCUT2D eigenvalue weighted by Crippen LogP contribution is 2.31. The molecule has 0 aliphatic heterocycles. The van der Waals surface area contributed by atoms with E-state index in [1.807, 2.05) is 37.3 Å². The van der Waals surface area contributed by atoms with Gasteiger partial charge in [-0.2, -0.15) is 0 Å². The Labute approximate surface area is 113 Å². The van der Waals surface area contributed by atoms with Crippen LogP contribution in [0.15, 0.2) is 41.0 Å². The number of aryl methyl sites for hydroxylation is 1. The van der Waals surface area contributed by atoms with Crippen molar-refractivity contribution in [3.63, 3.8) is 0 Å². The molecule has 1 unspecified atom stereocenters. The number of rotatable bonds is 6. The molecule has 0 radical (unpaired) electrons. The van der Waals surface area contributed by atoms with E-state index in [1.54, 1.807) is 6.26 Å². The predicted molar refractivity (Wildman–Crippen MR) is 74.8 cm³/mol. The Morgan fingerprint density at radius 1 is 1.32 bits per heavy atom. The first-order chi connectivity index (χ1) is 9.27. The van der Waals surface area contributed by atoms with Crippen molar-refractivity contribution in [3.05, 3.63) is 53.5 Å². The normalized spacial score (nSPS) is 12.4. The Kier molecular flexibility index (Phi) is 4.60. The van der Waals surface area contributed by atoms with E-state index in [4.69, 9.17) is 15.0 Å². The third-order valence-corrected chi connectivity index (χ3v) is 3.02. The Hall–Kier alpha value is -1.78. The van der Waals surface area contributed by atoms with Gasteiger partial charge >= 0.3 is 0 Å². The summed E-state index contributed by atoms with van der Waals surface area (Å²) in [5, 5.41) is 0. The van der Waals surface area contributed by atoms with Crippen LogP contribution in [0, 0.1) is 6.92 Å². The van der Waals surface area contributed by atoms with Crippen LogP contribution in [0.25, 0.3) is 0 Å². The van der Waals surface area contributed by atoms with Crippen LogP contribution in [0.3, 0.4) is 0 Å². The Morgan fingerprint density at radius 3 is 2.74 bits per heavy atom. The van der Waals surface area contributed by atoms with E-state index in [9.17, 15) is 0 Å². The fraction of sp³-hybridized carbons (Fsp3) is 0.333. The summed E-state index contributed by atoms with van der Waals surface area (Å²) in [4.78, 5) is 0. The van der Waals surface area contributed by atoms with E-state index in [1.165, 1.54) is 0 Å². The first-order valence-corrected chi connectivity index (χ1v) is 6.49. The van der Waals surface area contributed by atoms with Gasteiger partial charge in [-0.1, -0.05) is 25.1 Å². The molecule has 4 heteroatoms. The molecule has 1 heterocycles. The van der Waals surface area contributed by atoms with Crippen LogP contribution in [0.4, 0.5) is 0 Å². The molecule has 102 valence electrons. The second-order valence-electron chi connectivity index (χ2n) is 4.45. The summed E-state index contributed by atoms with van der Waals surface area (Å²) < 4.78 is 11.3. The molecule has 2 aromatic rings. The summed E-state index contributed by atoms with van der Waals surface area (Å²) >= 11 is 0. The lowest BCUT2D eigenvalue weighted by atomic mass is 10.0. The van der Waals surface area contributed by atoms with Crippen molar-refractivity contribution in [1.29, 1.82) is 0 Å². The van der Waals surface area contributed by atoms with Gasteiger partial charge in [0.15, 0.2) is 0 Å². The monoisotopic (exact) mass is 260 g/mol. The van der Waals surface area contributed by atoms with Crippen molar-refractivity contribution in [3.8, 4) is 5.75 Å². The molecule has 3 N–H and O–H groups in total. The van der Waals surface area contributed by atoms with E-state index in [0.29, 0.717) is 6.61 Å². The van der Waals surface area contributed by atoms with Crippen molar-refractivity contribution < 1.29 is 9.15 Å². The summed E-state index contributed by atoms with van der Waals surface area (Å²) in [5.74, 6) is 7.35. The molecule has 0 saturated carbocycles. The van der Waals surface area contributed by atoms with Gasteiger partial charge in [-0.25, -0.2) is 5.43 Å². The maximum atomic E-state index is 5.77. The summed E-state index contributed by atoms with van der Waals surface area (Å²) in [5.41, 5.74) is 4.85. The average molecular weight is 260 g/mol. The van der Waals surface area contributed by atoms with Gasteiger partial charge in [-0.3, -0.25) is 5.84 Å². The van der Waals surface area contributed by atoms with Gasteiger partial charge in [0.05, 0.1) is 12.9 Å². The van der Waals surface area contributed by atoms with E-state index in [0.717, 1.165) is 29.1 Å². The molecule has 1 aromatic heterocycles. The highest BCUT2D eigenvalue weighted by molar-refractivity contribution is 5.40. The van der Waals surface area contributed by atoms with Crippen molar-refractivity contribution in [2.24, 2.45) is 5.84 Å². The topological polar surface area (TPSA) is 60.4 Å². The Balaban J connectivity index is 2.35. The van der Waals surface area contributed by atoms with E-state index in [-0.39, 0.29) is 6.04 Å². The van der Waals surface area contributed by atoms with Crippen molar-refractivity contribution in [2.75, 3.05) is 6.61 Å². The molecule has 19 heavy (non-hydrogen) atoms. The van der Waals surface area contributed by atoms with Crippen LogP contribution in [0.1, 0.15) is 36.3 Å². The minimum absolute atomic E-state index is 0.206. The van der Waals surface area contributed by atoms with Gasteiger partial charge in [-0.05, 0) is 31.0 Å². The number of para-hydroxylation sites is 1. The molecular weight excluding hydrogens is 240 g/mol. The summed E-state index contributed by atoms with van der Waals surface area (Å²) in [6, 6.07) is 9.59. The SMILES string of the molecule is CCCOc1ccccc1C(NN)c1occc1C. The predicted octanol–water partition coefficient (Wildman–Crippen LogP) is 2.93. The van der Waals surface area contributed by atoms with Crippen LogP contribution in [0.2, 0.25) is 0 Å². The maximum absolute atomic E-state index is 5.77. The lowest BCUT2D eigenvalue weighted by molar-refractivity contribution is 0.309. The zero-order valence-corrected chi connectivity index (χ0v) is 11.3.